The number of nitrogens with zero attached hydrogens (tertiary/aromatic N) is 2. The maximum Gasteiger partial charge on any atom is 0.242 e. The highest BCUT2D eigenvalue weighted by Gasteiger charge is 2.34. The number of amides is 1. The highest BCUT2D eigenvalue weighted by atomic mass is 32.2. The van der Waals surface area contributed by atoms with Crippen molar-refractivity contribution in [2.24, 2.45) is 5.10 Å². The minimum Gasteiger partial charge on any atom is -0.497 e. The predicted molar refractivity (Wildman–Crippen MR) is 115 cm³/mol. The molecule has 0 unspecified atom stereocenters. The first-order chi connectivity index (χ1) is 14.3. The van der Waals surface area contributed by atoms with Crippen LogP contribution in [0.4, 0.5) is 5.69 Å². The fourth-order valence-corrected chi connectivity index (χ4v) is 3.95. The summed E-state index contributed by atoms with van der Waals surface area (Å²) < 4.78 is 36.5. The second-order valence-electron chi connectivity index (χ2n) is 6.92. The second-order valence-corrected chi connectivity index (χ2v) is 8.67. The summed E-state index contributed by atoms with van der Waals surface area (Å²) in [4.78, 5) is 12.6. The zero-order valence-electron chi connectivity index (χ0n) is 17.4. The van der Waals surface area contributed by atoms with Gasteiger partial charge in [-0.2, -0.15) is 5.10 Å². The van der Waals surface area contributed by atoms with Crippen LogP contribution in [-0.4, -0.2) is 45.5 Å². The summed E-state index contributed by atoms with van der Waals surface area (Å²) >= 11 is 0. The molecule has 0 saturated carbocycles. The summed E-state index contributed by atoms with van der Waals surface area (Å²) in [6, 6.07) is 12.0. The van der Waals surface area contributed by atoms with E-state index in [1.165, 1.54) is 5.01 Å². The van der Waals surface area contributed by atoms with Crippen LogP contribution in [0.15, 0.2) is 47.6 Å². The van der Waals surface area contributed by atoms with Crippen LogP contribution < -0.4 is 14.2 Å². The molecule has 9 heteroatoms. The fraction of sp³-hybridized carbons (Fsp3) is 0.333. The standard InChI is InChI=1S/C21H25N3O5S/c1-5-21(25)24-19(17-12-16(28-2)9-10-20(17)29-3)13-18(22-24)14-7-6-8-15(11-14)23-30(4,26)27/h6-12,19,23H,5,13H2,1-4H3/t19-/m1/s1. The molecule has 0 radical (unpaired) electrons. The van der Waals surface area contributed by atoms with Crippen LogP contribution in [0.2, 0.25) is 0 Å². The Morgan fingerprint density at radius 3 is 2.60 bits per heavy atom. The number of anilines is 1. The Balaban J connectivity index is 2.01. The number of rotatable bonds is 7. The highest BCUT2D eigenvalue weighted by Crippen LogP contribution is 2.39. The molecule has 1 atom stereocenters. The van der Waals surface area contributed by atoms with E-state index in [-0.39, 0.29) is 11.9 Å². The summed E-state index contributed by atoms with van der Waals surface area (Å²) in [6.45, 7) is 1.78. The van der Waals surface area contributed by atoms with E-state index < -0.39 is 10.0 Å². The quantitative estimate of drug-likeness (QED) is 0.726. The van der Waals surface area contributed by atoms with Gasteiger partial charge in [0.15, 0.2) is 0 Å². The Bertz CT molecular complexity index is 1080. The maximum atomic E-state index is 12.6. The van der Waals surface area contributed by atoms with Crippen molar-refractivity contribution in [3.63, 3.8) is 0 Å². The van der Waals surface area contributed by atoms with Gasteiger partial charge in [0.05, 0.1) is 32.2 Å². The first-order valence-electron chi connectivity index (χ1n) is 9.45. The van der Waals surface area contributed by atoms with Crippen molar-refractivity contribution in [3.8, 4) is 11.5 Å². The average Bonchev–Trinajstić information content (AvgIpc) is 3.17. The van der Waals surface area contributed by atoms with Crippen molar-refractivity contribution in [2.45, 2.75) is 25.8 Å². The highest BCUT2D eigenvalue weighted by molar-refractivity contribution is 7.92. The molecule has 1 N–H and O–H groups in total. The van der Waals surface area contributed by atoms with E-state index in [0.29, 0.717) is 35.7 Å². The Hall–Kier alpha value is -3.07. The third kappa shape index (κ3) is 4.73. The maximum absolute atomic E-state index is 12.6. The van der Waals surface area contributed by atoms with Crippen molar-refractivity contribution >= 4 is 27.3 Å². The van der Waals surface area contributed by atoms with Crippen molar-refractivity contribution in [1.82, 2.24) is 5.01 Å². The molecule has 0 fully saturated rings. The molecule has 3 rings (SSSR count). The van der Waals surface area contributed by atoms with Crippen LogP contribution in [0.3, 0.4) is 0 Å². The summed E-state index contributed by atoms with van der Waals surface area (Å²) in [5, 5.41) is 6.06. The Morgan fingerprint density at radius 1 is 1.20 bits per heavy atom. The summed E-state index contributed by atoms with van der Waals surface area (Å²) in [7, 11) is -0.242. The van der Waals surface area contributed by atoms with E-state index >= 15 is 0 Å². The monoisotopic (exact) mass is 431 g/mol. The summed E-state index contributed by atoms with van der Waals surface area (Å²) in [5.74, 6) is 1.17. The number of nitrogens with one attached hydrogen (secondary N) is 1. The van der Waals surface area contributed by atoms with E-state index in [1.807, 2.05) is 12.1 Å². The molecule has 1 aliphatic rings. The molecule has 0 bridgehead atoms. The Labute approximate surface area is 176 Å². The molecule has 0 aromatic heterocycles. The number of hydrazone groups is 1. The molecule has 0 saturated heterocycles. The van der Waals surface area contributed by atoms with Gasteiger partial charge in [-0.25, -0.2) is 13.4 Å². The van der Waals surface area contributed by atoms with Crippen LogP contribution in [0.5, 0.6) is 11.5 Å². The van der Waals surface area contributed by atoms with Gasteiger partial charge in [0.1, 0.15) is 11.5 Å². The zero-order chi connectivity index (χ0) is 21.9. The molecule has 1 amide bonds. The van der Waals surface area contributed by atoms with E-state index in [9.17, 15) is 13.2 Å². The molecule has 2 aromatic carbocycles. The summed E-state index contributed by atoms with van der Waals surface area (Å²) in [6.07, 6.45) is 1.85. The topological polar surface area (TPSA) is 97.3 Å². The number of benzene rings is 2. The first-order valence-corrected chi connectivity index (χ1v) is 11.3. The van der Waals surface area contributed by atoms with Gasteiger partial charge in [0.25, 0.3) is 0 Å². The first kappa shape index (κ1) is 21.6. The lowest BCUT2D eigenvalue weighted by atomic mass is 9.97. The van der Waals surface area contributed by atoms with E-state index in [1.54, 1.807) is 51.5 Å². The Kier molecular flexibility index (Phi) is 6.31. The third-order valence-corrected chi connectivity index (χ3v) is 5.37. The fourth-order valence-electron chi connectivity index (χ4n) is 3.40. The molecule has 1 heterocycles. The SMILES string of the molecule is CCC(=O)N1N=C(c2cccc(NS(C)(=O)=O)c2)C[C@@H]1c1cc(OC)ccc1OC. The van der Waals surface area contributed by atoms with Gasteiger partial charge in [-0.05, 0) is 35.9 Å². The van der Waals surface area contributed by atoms with Crippen molar-refractivity contribution < 1.29 is 22.7 Å². The average molecular weight is 432 g/mol. The molecule has 160 valence electrons. The largest absolute Gasteiger partial charge is 0.497 e. The molecular weight excluding hydrogens is 406 g/mol. The smallest absolute Gasteiger partial charge is 0.242 e. The van der Waals surface area contributed by atoms with Crippen molar-refractivity contribution in [2.75, 3.05) is 25.2 Å². The van der Waals surface area contributed by atoms with Gasteiger partial charge in [0, 0.05) is 24.1 Å². The molecule has 2 aromatic rings. The van der Waals surface area contributed by atoms with E-state index in [0.717, 1.165) is 17.4 Å². The van der Waals surface area contributed by atoms with Gasteiger partial charge < -0.3 is 9.47 Å². The lowest BCUT2D eigenvalue weighted by molar-refractivity contribution is -0.132. The number of methoxy groups -OCH3 is 2. The molecule has 1 aliphatic heterocycles. The van der Waals surface area contributed by atoms with Crippen LogP contribution in [0.25, 0.3) is 0 Å². The van der Waals surface area contributed by atoms with Gasteiger partial charge in [0.2, 0.25) is 15.9 Å². The molecule has 0 aliphatic carbocycles. The lowest BCUT2D eigenvalue weighted by Gasteiger charge is -2.23. The van der Waals surface area contributed by atoms with Gasteiger partial charge in [-0.3, -0.25) is 9.52 Å². The van der Waals surface area contributed by atoms with Crippen LogP contribution in [-0.2, 0) is 14.8 Å². The van der Waals surface area contributed by atoms with Crippen molar-refractivity contribution in [1.29, 1.82) is 0 Å². The Morgan fingerprint density at radius 2 is 1.97 bits per heavy atom. The minimum atomic E-state index is -3.40. The number of ether oxygens (including phenoxy) is 2. The summed E-state index contributed by atoms with van der Waals surface area (Å²) in [5.41, 5.74) is 2.65. The molecule has 8 nitrogen and oxygen atoms in total. The number of hydrogen-bond donors (Lipinski definition) is 1. The zero-order valence-corrected chi connectivity index (χ0v) is 18.2. The number of sulfonamides is 1. The minimum absolute atomic E-state index is 0.120. The molecule has 30 heavy (non-hydrogen) atoms. The van der Waals surface area contributed by atoms with Crippen LogP contribution >= 0.6 is 0 Å². The predicted octanol–water partition coefficient (Wildman–Crippen LogP) is 3.16. The second kappa shape index (κ2) is 8.74. The van der Waals surface area contributed by atoms with Crippen LogP contribution in [0, 0.1) is 0 Å². The lowest BCUT2D eigenvalue weighted by Crippen LogP contribution is -2.26. The van der Waals surface area contributed by atoms with Crippen LogP contribution in [0.1, 0.15) is 36.9 Å². The molecular formula is C21H25N3O5S. The van der Waals surface area contributed by atoms with E-state index in [4.69, 9.17) is 9.47 Å². The van der Waals surface area contributed by atoms with Crippen molar-refractivity contribution in [3.05, 3.63) is 53.6 Å². The number of hydrogen-bond acceptors (Lipinski definition) is 6. The normalized spacial score (nSPS) is 16.2. The number of carbonyl (C=O) groups is 1. The van der Waals surface area contributed by atoms with Gasteiger partial charge >= 0.3 is 0 Å². The van der Waals surface area contributed by atoms with Gasteiger partial charge in [-0.15, -0.1) is 0 Å². The number of carbonyl (C=O) groups excluding carboxylic acids is 1. The van der Waals surface area contributed by atoms with E-state index in [2.05, 4.69) is 9.82 Å². The molecule has 0 spiro atoms. The third-order valence-electron chi connectivity index (χ3n) is 4.76. The van der Waals surface area contributed by atoms with Gasteiger partial charge in [-0.1, -0.05) is 19.1 Å².